The second-order valence-electron chi connectivity index (χ2n) is 8.89. The Kier molecular flexibility index (Phi) is 10.8. The van der Waals surface area contributed by atoms with E-state index in [1.165, 1.54) is 0 Å². The van der Waals surface area contributed by atoms with E-state index in [2.05, 4.69) is 0 Å². The van der Waals surface area contributed by atoms with Crippen molar-refractivity contribution in [2.75, 3.05) is 13.2 Å². The van der Waals surface area contributed by atoms with Crippen molar-refractivity contribution >= 4 is 11.8 Å². The van der Waals surface area contributed by atoms with E-state index in [4.69, 9.17) is 19.3 Å². The lowest BCUT2D eigenvalue weighted by molar-refractivity contribution is -0.182. The van der Waals surface area contributed by atoms with Gasteiger partial charge < -0.3 is 24.4 Å². The molecule has 1 aromatic rings. The van der Waals surface area contributed by atoms with Gasteiger partial charge in [0.1, 0.15) is 24.2 Å². The van der Waals surface area contributed by atoms with Crippen LogP contribution in [0.2, 0.25) is 0 Å². The Labute approximate surface area is 201 Å². The number of aliphatic hydroxyl groups is 1. The molecule has 1 saturated heterocycles. The number of ketones is 1. The van der Waals surface area contributed by atoms with E-state index in [1.807, 2.05) is 54.6 Å². The van der Waals surface area contributed by atoms with Crippen LogP contribution in [-0.4, -0.2) is 53.7 Å². The number of rotatable bonds is 13. The van der Waals surface area contributed by atoms with Gasteiger partial charge in [0.2, 0.25) is 0 Å². The lowest BCUT2D eigenvalue weighted by Crippen LogP contribution is -2.30. The van der Waals surface area contributed by atoms with Crippen LogP contribution < -0.4 is 4.74 Å². The summed E-state index contributed by atoms with van der Waals surface area (Å²) in [7, 11) is 0. The normalized spacial score (nSPS) is 26.3. The van der Waals surface area contributed by atoms with Gasteiger partial charge in [-0.2, -0.15) is 0 Å². The van der Waals surface area contributed by atoms with E-state index in [0.717, 1.165) is 25.0 Å². The first-order valence-corrected chi connectivity index (χ1v) is 12.2. The van der Waals surface area contributed by atoms with E-state index < -0.39 is 12.1 Å². The second kappa shape index (κ2) is 14.0. The molecular weight excluding hydrogens is 436 g/mol. The van der Waals surface area contributed by atoms with Crippen LogP contribution in [0.5, 0.6) is 5.75 Å². The molecule has 0 bridgehead atoms. The number of para-hydroxylation sites is 1. The Bertz CT molecular complexity index is 814. The number of carboxylic acid groups (broad SMARTS) is 1. The summed E-state index contributed by atoms with van der Waals surface area (Å²) in [6.07, 6.45) is 11.2. The molecule has 2 fully saturated rings. The van der Waals surface area contributed by atoms with Gasteiger partial charge in [-0.1, -0.05) is 42.5 Å². The molecule has 1 heterocycles. The minimum absolute atomic E-state index is 0.0472. The number of aliphatic hydroxyl groups excluding tert-OH is 1. The first-order valence-electron chi connectivity index (χ1n) is 12.2. The van der Waals surface area contributed by atoms with Gasteiger partial charge in [0, 0.05) is 31.3 Å². The molecule has 1 saturated carbocycles. The number of hydrogen-bond acceptors (Lipinski definition) is 6. The van der Waals surface area contributed by atoms with Crippen molar-refractivity contribution in [2.45, 2.75) is 69.9 Å². The third-order valence-corrected chi connectivity index (χ3v) is 6.22. The number of aliphatic carboxylic acids is 1. The van der Waals surface area contributed by atoms with Gasteiger partial charge in [-0.15, -0.1) is 0 Å². The Morgan fingerprint density at radius 1 is 1.21 bits per heavy atom. The Morgan fingerprint density at radius 2 is 2.03 bits per heavy atom. The van der Waals surface area contributed by atoms with Crippen LogP contribution >= 0.6 is 0 Å². The quantitative estimate of drug-likeness (QED) is 0.326. The second-order valence-corrected chi connectivity index (χ2v) is 8.89. The number of ether oxygens (including phenoxy) is 3. The first kappa shape index (κ1) is 26.1. The third kappa shape index (κ3) is 8.70. The summed E-state index contributed by atoms with van der Waals surface area (Å²) in [6.45, 7) is 0.975. The molecular formula is C27H36O7. The standard InChI is InChI=1S/C27H36O7/c28-24-18-25(29)23(22(24)12-6-1-2-7-13-26(30)31)16-15-21(34-27-14-8-9-17-32-27)19-33-20-10-4-3-5-11-20/h1,3-6,10-11,15-16,21-23,25,27,29H,2,7-9,12-14,17-19H2,(H,30,31)/t21-,22+,23+,25+,27?/m0/s1. The maximum absolute atomic E-state index is 12.5. The molecule has 2 N–H and O–H groups in total. The Hall–Kier alpha value is -2.48. The molecule has 34 heavy (non-hydrogen) atoms. The number of hydrogen-bond donors (Lipinski definition) is 2. The lowest BCUT2D eigenvalue weighted by atomic mass is 9.90. The number of unbranched alkanes of at least 4 members (excludes halogenated alkanes) is 1. The molecule has 2 aliphatic rings. The zero-order valence-electron chi connectivity index (χ0n) is 19.6. The zero-order chi connectivity index (χ0) is 24.2. The van der Waals surface area contributed by atoms with Crippen molar-refractivity contribution in [1.29, 1.82) is 0 Å². The molecule has 1 unspecified atom stereocenters. The highest BCUT2D eigenvalue weighted by atomic mass is 16.7. The highest BCUT2D eigenvalue weighted by Gasteiger charge is 2.39. The molecule has 5 atom stereocenters. The van der Waals surface area contributed by atoms with Crippen LogP contribution in [-0.2, 0) is 19.1 Å². The molecule has 1 aromatic carbocycles. The summed E-state index contributed by atoms with van der Waals surface area (Å²) >= 11 is 0. The van der Waals surface area contributed by atoms with Gasteiger partial charge in [-0.05, 0) is 50.7 Å². The van der Waals surface area contributed by atoms with Gasteiger partial charge in [-0.25, -0.2) is 0 Å². The average molecular weight is 473 g/mol. The summed E-state index contributed by atoms with van der Waals surface area (Å²) in [5.41, 5.74) is 0. The van der Waals surface area contributed by atoms with Gasteiger partial charge in [0.15, 0.2) is 6.29 Å². The first-order chi connectivity index (χ1) is 16.5. The number of allylic oxidation sites excluding steroid dienone is 2. The van der Waals surface area contributed by atoms with Crippen LogP contribution in [0.25, 0.3) is 0 Å². The van der Waals surface area contributed by atoms with Crippen molar-refractivity contribution < 1.29 is 34.0 Å². The van der Waals surface area contributed by atoms with E-state index in [0.29, 0.717) is 32.5 Å². The van der Waals surface area contributed by atoms with Crippen LogP contribution in [0.15, 0.2) is 54.6 Å². The number of Topliss-reactive ketones (excluding diaryl/α,β-unsaturated/α-hetero) is 1. The fraction of sp³-hybridized carbons (Fsp3) is 0.556. The van der Waals surface area contributed by atoms with Gasteiger partial charge in [-0.3, -0.25) is 9.59 Å². The largest absolute Gasteiger partial charge is 0.491 e. The van der Waals surface area contributed by atoms with Crippen molar-refractivity contribution in [1.82, 2.24) is 0 Å². The number of carbonyl (C=O) groups excluding carboxylic acids is 1. The predicted molar refractivity (Wildman–Crippen MR) is 127 cm³/mol. The summed E-state index contributed by atoms with van der Waals surface area (Å²) in [6, 6.07) is 9.51. The lowest BCUT2D eigenvalue weighted by Gasteiger charge is -2.27. The van der Waals surface area contributed by atoms with Crippen LogP contribution in [0.3, 0.4) is 0 Å². The fourth-order valence-corrected chi connectivity index (χ4v) is 4.36. The summed E-state index contributed by atoms with van der Waals surface area (Å²) in [5.74, 6) is -0.615. The highest BCUT2D eigenvalue weighted by molar-refractivity contribution is 5.84. The van der Waals surface area contributed by atoms with Crippen molar-refractivity contribution in [2.24, 2.45) is 11.8 Å². The molecule has 7 heteroatoms. The molecule has 1 aliphatic carbocycles. The van der Waals surface area contributed by atoms with Crippen LogP contribution in [0.1, 0.15) is 51.4 Å². The monoisotopic (exact) mass is 472 g/mol. The van der Waals surface area contributed by atoms with Gasteiger partial charge in [0.25, 0.3) is 0 Å². The zero-order valence-corrected chi connectivity index (χ0v) is 19.6. The fourth-order valence-electron chi connectivity index (χ4n) is 4.36. The van der Waals surface area contributed by atoms with Crippen molar-refractivity contribution in [3.05, 3.63) is 54.6 Å². The Morgan fingerprint density at radius 3 is 2.76 bits per heavy atom. The minimum Gasteiger partial charge on any atom is -0.491 e. The molecule has 0 radical (unpaired) electrons. The number of benzene rings is 1. The molecule has 0 amide bonds. The van der Waals surface area contributed by atoms with Crippen molar-refractivity contribution in [3.63, 3.8) is 0 Å². The molecule has 3 rings (SSSR count). The van der Waals surface area contributed by atoms with Crippen LogP contribution in [0.4, 0.5) is 0 Å². The molecule has 186 valence electrons. The van der Waals surface area contributed by atoms with E-state index in [9.17, 15) is 14.7 Å². The molecule has 7 nitrogen and oxygen atoms in total. The van der Waals surface area contributed by atoms with Crippen LogP contribution in [0, 0.1) is 11.8 Å². The number of carbonyl (C=O) groups is 2. The van der Waals surface area contributed by atoms with Gasteiger partial charge >= 0.3 is 5.97 Å². The summed E-state index contributed by atoms with van der Waals surface area (Å²) in [4.78, 5) is 23.1. The van der Waals surface area contributed by atoms with E-state index in [1.54, 1.807) is 0 Å². The minimum atomic E-state index is -0.806. The maximum atomic E-state index is 12.5. The Balaban J connectivity index is 1.60. The topological polar surface area (TPSA) is 102 Å². The van der Waals surface area contributed by atoms with E-state index in [-0.39, 0.29) is 42.9 Å². The SMILES string of the molecule is O=C(O)CCCC=CC[C@H]1C(=O)C[C@@H](O)[C@@H]1C=C[C@@H](COc1ccccc1)OC1CCCCO1. The highest BCUT2D eigenvalue weighted by Crippen LogP contribution is 2.33. The third-order valence-electron chi connectivity index (χ3n) is 6.22. The summed E-state index contributed by atoms with van der Waals surface area (Å²) < 4.78 is 17.8. The molecule has 0 aromatic heterocycles. The van der Waals surface area contributed by atoms with E-state index >= 15 is 0 Å². The summed E-state index contributed by atoms with van der Waals surface area (Å²) in [5, 5.41) is 19.2. The molecule has 1 aliphatic heterocycles. The van der Waals surface area contributed by atoms with Gasteiger partial charge in [0.05, 0.1) is 6.10 Å². The maximum Gasteiger partial charge on any atom is 0.303 e. The predicted octanol–water partition coefficient (Wildman–Crippen LogP) is 4.30. The average Bonchev–Trinajstić information content (AvgIpc) is 3.11. The molecule has 0 spiro atoms. The number of carboxylic acids is 1. The van der Waals surface area contributed by atoms with Crippen molar-refractivity contribution in [3.8, 4) is 5.75 Å². The smallest absolute Gasteiger partial charge is 0.303 e.